The van der Waals surface area contributed by atoms with Gasteiger partial charge in [0, 0.05) is 5.56 Å². The van der Waals surface area contributed by atoms with Crippen LogP contribution in [0.25, 0.3) is 10.6 Å². The van der Waals surface area contributed by atoms with E-state index in [0.29, 0.717) is 5.01 Å². The summed E-state index contributed by atoms with van der Waals surface area (Å²) in [5.41, 5.74) is 1.51. The van der Waals surface area contributed by atoms with Crippen LogP contribution in [-0.4, -0.2) is 20.3 Å². The maximum atomic E-state index is 9.54. The summed E-state index contributed by atoms with van der Waals surface area (Å²) in [6, 6.07) is 4.56. The fraction of sp³-hybridized carbons (Fsp3) is 0.250. The molecule has 4 nitrogen and oxygen atoms in total. The van der Waals surface area contributed by atoms with Crippen molar-refractivity contribution in [2.75, 3.05) is 0 Å². The number of aliphatic hydroxyl groups is 1. The summed E-state index contributed by atoms with van der Waals surface area (Å²) in [4.78, 5) is 5.15. The van der Waals surface area contributed by atoms with Crippen molar-refractivity contribution in [1.29, 1.82) is 0 Å². The molecule has 0 amide bonds. The number of aromatic nitrogens is 1. The lowest BCUT2D eigenvalue weighted by molar-refractivity contribution is 0.202. The van der Waals surface area contributed by atoms with Gasteiger partial charge in [-0.3, -0.25) is 0 Å². The van der Waals surface area contributed by atoms with Crippen LogP contribution in [0.3, 0.4) is 0 Å². The lowest BCUT2D eigenvalue weighted by Gasteiger charge is -2.00. The van der Waals surface area contributed by atoms with E-state index in [1.165, 1.54) is 23.5 Å². The SMILES string of the molecule is Cc1nc(-c2ccc(O)c(O)c2)sc1C(C)O. The molecular weight excluding hydrogens is 238 g/mol. The number of phenols is 2. The van der Waals surface area contributed by atoms with E-state index in [0.717, 1.165) is 16.1 Å². The second-order valence-corrected chi connectivity index (χ2v) is 4.88. The first-order chi connectivity index (χ1) is 7.99. The van der Waals surface area contributed by atoms with E-state index < -0.39 is 6.10 Å². The molecule has 17 heavy (non-hydrogen) atoms. The number of aromatic hydroxyl groups is 2. The van der Waals surface area contributed by atoms with Gasteiger partial charge in [0.1, 0.15) is 5.01 Å². The fourth-order valence-corrected chi connectivity index (χ4v) is 2.58. The topological polar surface area (TPSA) is 73.6 Å². The molecule has 2 rings (SSSR count). The Morgan fingerprint density at radius 3 is 2.47 bits per heavy atom. The van der Waals surface area contributed by atoms with Crippen molar-refractivity contribution in [2.45, 2.75) is 20.0 Å². The van der Waals surface area contributed by atoms with Gasteiger partial charge in [-0.05, 0) is 32.0 Å². The summed E-state index contributed by atoms with van der Waals surface area (Å²) >= 11 is 1.38. The fourth-order valence-electron chi connectivity index (χ4n) is 1.58. The number of hydrogen-bond acceptors (Lipinski definition) is 5. The normalized spacial score (nSPS) is 12.6. The minimum absolute atomic E-state index is 0.155. The lowest BCUT2D eigenvalue weighted by atomic mass is 10.2. The molecule has 0 aliphatic heterocycles. The number of nitrogens with zero attached hydrogens (tertiary/aromatic N) is 1. The summed E-state index contributed by atoms with van der Waals surface area (Å²) in [7, 11) is 0. The molecule has 0 spiro atoms. The van der Waals surface area contributed by atoms with Crippen LogP contribution in [0.15, 0.2) is 18.2 Å². The first kappa shape index (κ1) is 11.9. The van der Waals surface area contributed by atoms with E-state index in [-0.39, 0.29) is 11.5 Å². The Balaban J connectivity index is 2.46. The van der Waals surface area contributed by atoms with Gasteiger partial charge < -0.3 is 15.3 Å². The molecule has 0 fully saturated rings. The summed E-state index contributed by atoms with van der Waals surface area (Å²) in [6.45, 7) is 3.53. The lowest BCUT2D eigenvalue weighted by Crippen LogP contribution is -1.88. The third-order valence-corrected chi connectivity index (χ3v) is 3.81. The number of thiazole rings is 1. The van der Waals surface area contributed by atoms with E-state index in [9.17, 15) is 15.3 Å². The maximum Gasteiger partial charge on any atom is 0.158 e. The van der Waals surface area contributed by atoms with E-state index in [1.807, 2.05) is 6.92 Å². The highest BCUT2D eigenvalue weighted by atomic mass is 32.1. The number of rotatable bonds is 2. The minimum Gasteiger partial charge on any atom is -0.504 e. The molecule has 0 saturated heterocycles. The highest BCUT2D eigenvalue weighted by molar-refractivity contribution is 7.15. The molecular formula is C12H13NO3S. The number of aryl methyl sites for hydroxylation is 1. The highest BCUT2D eigenvalue weighted by Gasteiger charge is 2.14. The molecule has 2 aromatic rings. The average molecular weight is 251 g/mol. The van der Waals surface area contributed by atoms with E-state index in [1.54, 1.807) is 13.0 Å². The van der Waals surface area contributed by atoms with Gasteiger partial charge in [-0.25, -0.2) is 4.98 Å². The molecule has 90 valence electrons. The van der Waals surface area contributed by atoms with Crippen LogP contribution in [0, 0.1) is 6.92 Å². The molecule has 5 heteroatoms. The van der Waals surface area contributed by atoms with Crippen molar-refractivity contribution >= 4 is 11.3 Å². The summed E-state index contributed by atoms with van der Waals surface area (Å²) in [6.07, 6.45) is -0.549. The van der Waals surface area contributed by atoms with E-state index in [4.69, 9.17) is 0 Å². The van der Waals surface area contributed by atoms with Gasteiger partial charge in [0.15, 0.2) is 11.5 Å². The molecule has 1 heterocycles. The quantitative estimate of drug-likeness (QED) is 0.717. The Bertz CT molecular complexity index is 549. The molecule has 1 atom stereocenters. The van der Waals surface area contributed by atoms with Crippen molar-refractivity contribution in [1.82, 2.24) is 4.98 Å². The smallest absolute Gasteiger partial charge is 0.158 e. The van der Waals surface area contributed by atoms with Crippen LogP contribution in [-0.2, 0) is 0 Å². The zero-order valence-corrected chi connectivity index (χ0v) is 10.3. The van der Waals surface area contributed by atoms with Crippen LogP contribution in [0.4, 0.5) is 0 Å². The second kappa shape index (κ2) is 4.35. The van der Waals surface area contributed by atoms with Crippen molar-refractivity contribution in [3.05, 3.63) is 28.8 Å². The number of benzene rings is 1. The third kappa shape index (κ3) is 2.25. The van der Waals surface area contributed by atoms with Gasteiger partial charge in [-0.15, -0.1) is 11.3 Å². The van der Waals surface area contributed by atoms with Gasteiger partial charge in [0.25, 0.3) is 0 Å². The molecule has 0 aliphatic rings. The minimum atomic E-state index is -0.549. The van der Waals surface area contributed by atoms with Gasteiger partial charge in [0.2, 0.25) is 0 Å². The van der Waals surface area contributed by atoms with Crippen molar-refractivity contribution in [3.8, 4) is 22.1 Å². The van der Waals surface area contributed by atoms with Gasteiger partial charge in [-0.2, -0.15) is 0 Å². The summed E-state index contributed by atoms with van der Waals surface area (Å²) in [5.74, 6) is -0.327. The zero-order chi connectivity index (χ0) is 12.6. The van der Waals surface area contributed by atoms with Crippen LogP contribution in [0.5, 0.6) is 11.5 Å². The Morgan fingerprint density at radius 2 is 1.94 bits per heavy atom. The van der Waals surface area contributed by atoms with Crippen molar-refractivity contribution in [3.63, 3.8) is 0 Å². The molecule has 1 aromatic heterocycles. The number of aliphatic hydroxyl groups excluding tert-OH is 1. The monoisotopic (exact) mass is 251 g/mol. The highest BCUT2D eigenvalue weighted by Crippen LogP contribution is 2.35. The van der Waals surface area contributed by atoms with Gasteiger partial charge >= 0.3 is 0 Å². The predicted molar refractivity (Wildman–Crippen MR) is 66.3 cm³/mol. The van der Waals surface area contributed by atoms with Crippen molar-refractivity contribution < 1.29 is 15.3 Å². The largest absolute Gasteiger partial charge is 0.504 e. The van der Waals surface area contributed by atoms with E-state index >= 15 is 0 Å². The molecule has 1 aromatic carbocycles. The number of phenolic OH excluding ortho intramolecular Hbond substituents is 2. The molecule has 3 N–H and O–H groups in total. The Morgan fingerprint density at radius 1 is 1.24 bits per heavy atom. The zero-order valence-electron chi connectivity index (χ0n) is 9.51. The van der Waals surface area contributed by atoms with Crippen LogP contribution in [0.1, 0.15) is 23.6 Å². The number of hydrogen-bond donors (Lipinski definition) is 3. The first-order valence-electron chi connectivity index (χ1n) is 5.16. The van der Waals surface area contributed by atoms with Crippen molar-refractivity contribution in [2.24, 2.45) is 0 Å². The molecule has 1 unspecified atom stereocenters. The Labute approximate surface area is 103 Å². The maximum absolute atomic E-state index is 9.54. The van der Waals surface area contributed by atoms with E-state index in [2.05, 4.69) is 4.98 Å². The predicted octanol–water partition coefficient (Wildman–Crippen LogP) is 2.58. The van der Waals surface area contributed by atoms with Gasteiger partial charge in [0.05, 0.1) is 16.7 Å². The van der Waals surface area contributed by atoms with Crippen LogP contribution in [0.2, 0.25) is 0 Å². The molecule has 0 aliphatic carbocycles. The Hall–Kier alpha value is -1.59. The average Bonchev–Trinajstić information content (AvgIpc) is 2.64. The standard InChI is InChI=1S/C12H13NO3S/c1-6-11(7(2)14)17-12(13-6)8-3-4-9(15)10(16)5-8/h3-5,7,14-16H,1-2H3. The third-order valence-electron chi connectivity index (χ3n) is 2.43. The molecule has 0 bridgehead atoms. The molecule has 0 saturated carbocycles. The first-order valence-corrected chi connectivity index (χ1v) is 5.98. The summed E-state index contributed by atoms with van der Waals surface area (Å²) < 4.78 is 0. The van der Waals surface area contributed by atoms with Gasteiger partial charge in [-0.1, -0.05) is 0 Å². The van der Waals surface area contributed by atoms with Crippen LogP contribution >= 0.6 is 11.3 Å². The Kier molecular flexibility index (Phi) is 3.04. The second-order valence-electron chi connectivity index (χ2n) is 3.85. The summed E-state index contributed by atoms with van der Waals surface area (Å²) in [5, 5.41) is 28.9. The van der Waals surface area contributed by atoms with Crippen LogP contribution < -0.4 is 0 Å². The molecule has 0 radical (unpaired) electrons.